The quantitative estimate of drug-likeness (QED) is 0.143. The molecular weight excluding hydrogens is 460 g/mol. The number of carbonyl (C=O) groups excluding carboxylic acids is 1. The molecule has 2 heterocycles. The van der Waals surface area contributed by atoms with Gasteiger partial charge in [-0.25, -0.2) is 4.98 Å². The van der Waals surface area contributed by atoms with Crippen LogP contribution in [-0.4, -0.2) is 34.8 Å². The van der Waals surface area contributed by atoms with Crippen molar-refractivity contribution in [2.45, 2.75) is 38.0 Å². The zero-order valence-corrected chi connectivity index (χ0v) is 21.0. The van der Waals surface area contributed by atoms with Crippen LogP contribution in [0.3, 0.4) is 0 Å². The van der Waals surface area contributed by atoms with Crippen molar-refractivity contribution in [2.75, 3.05) is 13.2 Å². The van der Waals surface area contributed by atoms with Gasteiger partial charge in [-0.05, 0) is 48.8 Å². The largest absolute Gasteiger partial charge is 0.353 e. The Morgan fingerprint density at radius 2 is 1.51 bits per heavy atom. The molecule has 1 aliphatic heterocycles. The van der Waals surface area contributed by atoms with E-state index in [-0.39, 0.29) is 18.7 Å². The number of Topliss-reactive ketones (excluding diaryl/α,β-unsaturated/α-hetero) is 1. The summed E-state index contributed by atoms with van der Waals surface area (Å²) >= 11 is 0. The molecule has 0 saturated carbocycles. The van der Waals surface area contributed by atoms with Crippen LogP contribution in [0.25, 0.3) is 0 Å². The van der Waals surface area contributed by atoms with Crippen LogP contribution in [0.15, 0.2) is 97.3 Å². The summed E-state index contributed by atoms with van der Waals surface area (Å²) in [7, 11) is 0. The highest BCUT2D eigenvalue weighted by Gasteiger charge is 2.40. The Bertz CT molecular complexity index is 1280. The lowest BCUT2D eigenvalue weighted by Gasteiger charge is -2.38. The fraction of sp³-hybridized carbons (Fsp3) is 0.250. The zero-order chi connectivity index (χ0) is 25.5. The predicted molar refractivity (Wildman–Crippen MR) is 143 cm³/mol. The molecule has 0 radical (unpaired) electrons. The highest BCUT2D eigenvalue weighted by molar-refractivity contribution is 6.08. The van der Waals surface area contributed by atoms with Crippen LogP contribution in [0.4, 0.5) is 0 Å². The van der Waals surface area contributed by atoms with Crippen molar-refractivity contribution in [2.24, 2.45) is 0 Å². The number of aromatic nitrogens is 2. The first kappa shape index (κ1) is 24.7. The van der Waals surface area contributed by atoms with Gasteiger partial charge in [0, 0.05) is 12.3 Å². The molecular formula is C32H30N2O3. The van der Waals surface area contributed by atoms with Crippen molar-refractivity contribution in [1.82, 2.24) is 9.55 Å². The van der Waals surface area contributed by atoms with Crippen molar-refractivity contribution >= 4 is 5.78 Å². The van der Waals surface area contributed by atoms with Gasteiger partial charge in [-0.3, -0.25) is 4.79 Å². The molecule has 1 saturated heterocycles. The highest BCUT2D eigenvalue weighted by Crippen LogP contribution is 2.41. The number of ketones is 1. The summed E-state index contributed by atoms with van der Waals surface area (Å²) in [6, 6.07) is 31.0. The number of rotatable bonds is 7. The lowest BCUT2D eigenvalue weighted by atomic mass is 9.76. The standard InChI is InChI=1S/C32H30N2O3/c1-25-31(29(35)20-13-23-37-30-21-11-12-22-36-30)33-24-34(25)32(26-14-5-2-6-15-26,27-16-7-3-8-17-27)28-18-9-4-10-19-28/h2-10,14-19,24,30H,11-12,21-23H2,1H3. The van der Waals surface area contributed by atoms with E-state index in [0.717, 1.165) is 41.6 Å². The molecule has 1 aromatic heterocycles. The van der Waals surface area contributed by atoms with Gasteiger partial charge in [-0.1, -0.05) is 96.9 Å². The van der Waals surface area contributed by atoms with Crippen LogP contribution in [0.2, 0.25) is 0 Å². The van der Waals surface area contributed by atoms with Gasteiger partial charge in [0.25, 0.3) is 5.78 Å². The number of benzene rings is 3. The second kappa shape index (κ2) is 11.4. The maximum Gasteiger partial charge on any atom is 0.256 e. The average Bonchev–Trinajstić information content (AvgIpc) is 3.35. The molecule has 0 aliphatic carbocycles. The second-order valence-electron chi connectivity index (χ2n) is 9.10. The number of hydrogen-bond donors (Lipinski definition) is 0. The lowest BCUT2D eigenvalue weighted by molar-refractivity contribution is -0.154. The summed E-state index contributed by atoms with van der Waals surface area (Å²) in [6.45, 7) is 2.79. The molecule has 5 nitrogen and oxygen atoms in total. The first-order valence-corrected chi connectivity index (χ1v) is 12.7. The number of carbonyl (C=O) groups is 1. The fourth-order valence-electron chi connectivity index (χ4n) is 5.08. The normalized spacial score (nSPS) is 15.5. The summed E-state index contributed by atoms with van der Waals surface area (Å²) in [6.07, 6.45) is 4.52. The molecule has 0 spiro atoms. The number of ether oxygens (including phenoxy) is 2. The molecule has 37 heavy (non-hydrogen) atoms. The Kier molecular flexibility index (Phi) is 7.60. The number of imidazole rings is 1. The van der Waals surface area contributed by atoms with E-state index in [9.17, 15) is 4.79 Å². The summed E-state index contributed by atoms with van der Waals surface area (Å²) in [4.78, 5) is 17.7. The zero-order valence-electron chi connectivity index (χ0n) is 21.0. The maximum atomic E-state index is 13.1. The van der Waals surface area contributed by atoms with Gasteiger partial charge >= 0.3 is 0 Å². The van der Waals surface area contributed by atoms with Crippen LogP contribution in [0.5, 0.6) is 0 Å². The minimum atomic E-state index is -0.728. The van der Waals surface area contributed by atoms with E-state index in [4.69, 9.17) is 9.47 Å². The minimum Gasteiger partial charge on any atom is -0.353 e. The van der Waals surface area contributed by atoms with E-state index in [1.54, 1.807) is 6.33 Å². The van der Waals surface area contributed by atoms with Gasteiger partial charge in [-0.15, -0.1) is 0 Å². The third-order valence-corrected chi connectivity index (χ3v) is 6.84. The molecule has 1 atom stereocenters. The molecule has 5 heteroatoms. The van der Waals surface area contributed by atoms with Crippen LogP contribution < -0.4 is 0 Å². The summed E-state index contributed by atoms with van der Waals surface area (Å²) in [5, 5.41) is 0. The Hall–Kier alpha value is -3.98. The van der Waals surface area contributed by atoms with Gasteiger partial charge in [0.1, 0.15) is 17.8 Å². The molecule has 186 valence electrons. The second-order valence-corrected chi connectivity index (χ2v) is 9.10. The van der Waals surface area contributed by atoms with Gasteiger partial charge in [0.05, 0.1) is 6.33 Å². The third-order valence-electron chi connectivity index (χ3n) is 6.84. The predicted octanol–water partition coefficient (Wildman–Crippen LogP) is 5.76. The maximum absolute atomic E-state index is 13.1. The Labute approximate surface area is 218 Å². The smallest absolute Gasteiger partial charge is 0.256 e. The molecule has 1 unspecified atom stereocenters. The van der Waals surface area contributed by atoms with Gasteiger partial charge in [0.15, 0.2) is 6.29 Å². The Balaban J connectivity index is 1.55. The highest BCUT2D eigenvalue weighted by atomic mass is 16.7. The van der Waals surface area contributed by atoms with E-state index in [2.05, 4.69) is 57.8 Å². The molecule has 4 aromatic rings. The molecule has 1 aliphatic rings. The number of hydrogen-bond acceptors (Lipinski definition) is 4. The summed E-state index contributed by atoms with van der Waals surface area (Å²) in [5.74, 6) is 5.24. The number of nitrogens with zero attached hydrogens (tertiary/aromatic N) is 2. The molecule has 3 aromatic carbocycles. The van der Waals surface area contributed by atoms with Crippen molar-refractivity contribution in [1.29, 1.82) is 0 Å². The molecule has 0 N–H and O–H groups in total. The Morgan fingerprint density at radius 1 is 0.946 bits per heavy atom. The fourth-order valence-corrected chi connectivity index (χ4v) is 5.08. The molecule has 1 fully saturated rings. The molecule has 5 rings (SSSR count). The van der Waals surface area contributed by atoms with Crippen molar-refractivity contribution in [3.05, 3.63) is 125 Å². The molecule has 0 bridgehead atoms. The Morgan fingerprint density at radius 3 is 2.03 bits per heavy atom. The van der Waals surface area contributed by atoms with E-state index < -0.39 is 5.54 Å². The van der Waals surface area contributed by atoms with Gasteiger partial charge < -0.3 is 14.0 Å². The van der Waals surface area contributed by atoms with E-state index >= 15 is 0 Å². The summed E-state index contributed by atoms with van der Waals surface area (Å²) in [5.41, 5.74) is 3.56. The first-order valence-electron chi connectivity index (χ1n) is 12.7. The third kappa shape index (κ3) is 4.99. The van der Waals surface area contributed by atoms with Gasteiger partial charge in [0.2, 0.25) is 0 Å². The topological polar surface area (TPSA) is 53.4 Å². The van der Waals surface area contributed by atoms with Gasteiger partial charge in [-0.2, -0.15) is 0 Å². The van der Waals surface area contributed by atoms with E-state index in [0.29, 0.717) is 12.3 Å². The van der Waals surface area contributed by atoms with Crippen LogP contribution in [-0.2, 0) is 15.0 Å². The van der Waals surface area contributed by atoms with E-state index in [1.165, 1.54) is 0 Å². The van der Waals surface area contributed by atoms with Crippen LogP contribution >= 0.6 is 0 Å². The minimum absolute atomic E-state index is 0.151. The lowest BCUT2D eigenvalue weighted by Crippen LogP contribution is -2.38. The monoisotopic (exact) mass is 490 g/mol. The van der Waals surface area contributed by atoms with Crippen molar-refractivity contribution < 1.29 is 14.3 Å². The van der Waals surface area contributed by atoms with E-state index in [1.807, 2.05) is 61.5 Å². The van der Waals surface area contributed by atoms with Crippen LogP contribution in [0.1, 0.15) is 52.1 Å². The van der Waals surface area contributed by atoms with Crippen molar-refractivity contribution in [3.8, 4) is 11.8 Å². The first-order chi connectivity index (χ1) is 18.2. The summed E-state index contributed by atoms with van der Waals surface area (Å²) < 4.78 is 13.3. The molecule has 0 amide bonds. The SMILES string of the molecule is Cc1c(C(=O)C#CCOC2CCCCO2)ncn1C(c1ccccc1)(c1ccccc1)c1ccccc1. The van der Waals surface area contributed by atoms with Crippen molar-refractivity contribution in [3.63, 3.8) is 0 Å². The average molecular weight is 491 g/mol. The van der Waals surface area contributed by atoms with Crippen LogP contribution in [0, 0.1) is 18.8 Å².